The Morgan fingerprint density at radius 2 is 1.42 bits per heavy atom. The first-order valence-corrected chi connectivity index (χ1v) is 13.6. The summed E-state index contributed by atoms with van der Waals surface area (Å²) in [4.78, 5) is 26.8. The van der Waals surface area contributed by atoms with Crippen LogP contribution in [-0.2, 0) is 26.3 Å². The molecule has 33 heavy (non-hydrogen) atoms. The molecule has 178 valence electrons. The maximum absolute atomic E-state index is 13.7. The molecule has 0 saturated heterocycles. The summed E-state index contributed by atoms with van der Waals surface area (Å²) in [6.07, 6.45) is -3.52. The fourth-order valence-electron chi connectivity index (χ4n) is 2.87. The van der Waals surface area contributed by atoms with Gasteiger partial charge >= 0.3 is 27.0 Å². The highest BCUT2D eigenvalue weighted by molar-refractivity contribution is 7.97. The van der Waals surface area contributed by atoms with Crippen molar-refractivity contribution in [3.63, 3.8) is 0 Å². The Kier molecular flexibility index (Phi) is 7.63. The van der Waals surface area contributed by atoms with Crippen LogP contribution in [0.3, 0.4) is 0 Å². The second-order valence-corrected chi connectivity index (χ2v) is 11.4. The van der Waals surface area contributed by atoms with Crippen LogP contribution in [0.25, 0.3) is 10.8 Å². The number of rotatable bonds is 9. The molecule has 1 atom stereocenters. The molecule has 0 aromatic heterocycles. The van der Waals surface area contributed by atoms with E-state index in [9.17, 15) is 31.6 Å². The van der Waals surface area contributed by atoms with Crippen LogP contribution in [-0.4, -0.2) is 20.8 Å². The molecule has 0 amide bonds. The molecule has 3 aromatic carbocycles. The van der Waals surface area contributed by atoms with Gasteiger partial charge in [-0.05, 0) is 34.0 Å². The molecule has 6 nitrogen and oxygen atoms in total. The van der Waals surface area contributed by atoms with Crippen LogP contribution in [0.4, 0.5) is 17.6 Å². The quantitative estimate of drug-likeness (QED) is 0.223. The maximum Gasteiger partial charge on any atom is 0.442 e. The van der Waals surface area contributed by atoms with Gasteiger partial charge in [0.1, 0.15) is 5.75 Å². The van der Waals surface area contributed by atoms with Gasteiger partial charge in [-0.3, -0.25) is 4.57 Å². The molecule has 0 spiro atoms. The van der Waals surface area contributed by atoms with E-state index in [1.165, 1.54) is 36.0 Å². The van der Waals surface area contributed by atoms with E-state index < -0.39 is 32.6 Å². The van der Waals surface area contributed by atoms with Crippen molar-refractivity contribution in [2.45, 2.75) is 23.3 Å². The minimum Gasteiger partial charge on any atom is -0.421 e. The maximum atomic E-state index is 13.7. The van der Waals surface area contributed by atoms with E-state index in [0.717, 1.165) is 23.1 Å². The van der Waals surface area contributed by atoms with Crippen molar-refractivity contribution in [1.82, 2.24) is 0 Å². The first-order valence-electron chi connectivity index (χ1n) is 9.23. The largest absolute Gasteiger partial charge is 0.442 e. The molecule has 0 aliphatic carbocycles. The summed E-state index contributed by atoms with van der Waals surface area (Å²) in [5.74, 6) is 0.785. The molecule has 0 aliphatic heterocycles. The average Bonchev–Trinajstić information content (AvgIpc) is 2.72. The van der Waals surface area contributed by atoms with Gasteiger partial charge in [0, 0.05) is 17.1 Å². The monoisotopic (exact) mass is 524 g/mol. The van der Waals surface area contributed by atoms with Crippen molar-refractivity contribution >= 4 is 37.7 Å². The highest BCUT2D eigenvalue weighted by Gasteiger charge is 2.50. The molecule has 3 aromatic rings. The predicted molar refractivity (Wildman–Crippen MR) is 118 cm³/mol. The number of benzene rings is 3. The molecule has 13 heteroatoms. The summed E-state index contributed by atoms with van der Waals surface area (Å²) in [5, 5.41) is 1.38. The molecular formula is C20H18F4O6P2S. The van der Waals surface area contributed by atoms with Gasteiger partial charge in [0.15, 0.2) is 0 Å². The highest BCUT2D eigenvalue weighted by Crippen LogP contribution is 2.59. The second kappa shape index (κ2) is 9.78. The molecule has 3 rings (SSSR count). The summed E-state index contributed by atoms with van der Waals surface area (Å²) in [6, 6.07) is 14.4. The summed E-state index contributed by atoms with van der Waals surface area (Å²) >= 11 is 1.45. The molecule has 1 unspecified atom stereocenters. The lowest BCUT2D eigenvalue weighted by molar-refractivity contribution is 0.0564. The third-order valence-corrected chi connectivity index (χ3v) is 7.59. The molecule has 0 radical (unpaired) electrons. The Morgan fingerprint density at radius 3 is 2.03 bits per heavy atom. The Hall–Kier alpha value is -1.87. The van der Waals surface area contributed by atoms with Crippen molar-refractivity contribution in [3.05, 3.63) is 77.4 Å². The Balaban J connectivity index is 1.65. The minimum absolute atomic E-state index is 0.161. The zero-order valence-electron chi connectivity index (χ0n) is 16.6. The first kappa shape index (κ1) is 25.7. The zero-order chi connectivity index (χ0) is 24.4. The Bertz CT molecular complexity index is 1230. The number of alkyl halides is 4. The molecule has 0 bridgehead atoms. The van der Waals surface area contributed by atoms with Crippen LogP contribution in [0.5, 0.6) is 5.75 Å². The normalized spacial score (nSPS) is 14.4. The Labute approximate surface area is 190 Å². The standard InChI is InChI=1S/C20H18F4O6P2S/c21-19(22)31(25,26)30-18-8-5-15-4-1-14(9-16(15)10-18)12-33-11-13-2-6-17(7-3-13)20(23,24)32(27,28)29/h1-10,19H,11-12H2,(H,25,26)(H2,27,28,29). The van der Waals surface area contributed by atoms with Crippen molar-refractivity contribution in [2.24, 2.45) is 0 Å². The van der Waals surface area contributed by atoms with Gasteiger partial charge in [0.25, 0.3) is 0 Å². The zero-order valence-corrected chi connectivity index (χ0v) is 19.3. The highest BCUT2D eigenvalue weighted by atomic mass is 32.2. The van der Waals surface area contributed by atoms with E-state index in [1.54, 1.807) is 18.2 Å². The van der Waals surface area contributed by atoms with E-state index >= 15 is 0 Å². The van der Waals surface area contributed by atoms with E-state index in [4.69, 9.17) is 9.79 Å². The van der Waals surface area contributed by atoms with Gasteiger partial charge in [-0.25, -0.2) is 4.57 Å². The van der Waals surface area contributed by atoms with E-state index in [2.05, 4.69) is 4.52 Å². The fraction of sp³-hybridized carbons (Fsp3) is 0.200. The topological polar surface area (TPSA) is 104 Å². The van der Waals surface area contributed by atoms with Crippen LogP contribution in [0.2, 0.25) is 0 Å². The van der Waals surface area contributed by atoms with Crippen LogP contribution in [0, 0.1) is 0 Å². The van der Waals surface area contributed by atoms with Crippen molar-refractivity contribution in [2.75, 3.05) is 0 Å². The number of fused-ring (bicyclic) bond motifs is 1. The molecule has 0 saturated carbocycles. The molecule has 0 aliphatic rings. The van der Waals surface area contributed by atoms with Gasteiger partial charge in [-0.2, -0.15) is 29.3 Å². The number of halogens is 4. The lowest BCUT2D eigenvalue weighted by atomic mass is 10.1. The number of hydrogen-bond acceptors (Lipinski definition) is 4. The van der Waals surface area contributed by atoms with E-state index in [0.29, 0.717) is 22.5 Å². The van der Waals surface area contributed by atoms with Gasteiger partial charge in [0.2, 0.25) is 0 Å². The third-order valence-electron chi connectivity index (χ3n) is 4.56. The second-order valence-electron chi connectivity index (χ2n) is 7.05. The van der Waals surface area contributed by atoms with Crippen LogP contribution >= 0.6 is 27.0 Å². The third kappa shape index (κ3) is 6.18. The van der Waals surface area contributed by atoms with Gasteiger partial charge < -0.3 is 19.2 Å². The van der Waals surface area contributed by atoms with E-state index in [-0.39, 0.29) is 5.75 Å². The van der Waals surface area contributed by atoms with Crippen LogP contribution < -0.4 is 4.52 Å². The molecular weight excluding hydrogens is 506 g/mol. The first-order chi connectivity index (χ1) is 15.3. The molecule has 0 fully saturated rings. The summed E-state index contributed by atoms with van der Waals surface area (Å²) in [7, 11) is -10.7. The minimum atomic E-state index is -5.62. The number of thioether (sulfide) groups is 1. The fourth-order valence-corrected chi connectivity index (χ4v) is 4.79. The van der Waals surface area contributed by atoms with Crippen LogP contribution in [0.15, 0.2) is 60.7 Å². The van der Waals surface area contributed by atoms with E-state index in [1.807, 2.05) is 6.07 Å². The van der Waals surface area contributed by atoms with Gasteiger partial charge in [-0.15, -0.1) is 0 Å². The summed E-state index contributed by atoms with van der Waals surface area (Å²) in [6.45, 7) is 0. The summed E-state index contributed by atoms with van der Waals surface area (Å²) < 4.78 is 79.5. The lowest BCUT2D eigenvalue weighted by Gasteiger charge is -2.18. The number of hydrogen-bond donors (Lipinski definition) is 3. The van der Waals surface area contributed by atoms with Gasteiger partial charge in [0.05, 0.1) is 0 Å². The SMILES string of the molecule is O=P(O)(Oc1ccc2ccc(CSCc3ccc(C(F)(F)P(=O)(O)O)cc3)cc2c1)C(F)F. The Morgan fingerprint density at radius 1 is 0.848 bits per heavy atom. The molecule has 0 heterocycles. The predicted octanol–water partition coefficient (Wildman–Crippen LogP) is 6.29. The van der Waals surface area contributed by atoms with Crippen molar-refractivity contribution < 1.29 is 45.9 Å². The molecule has 3 N–H and O–H groups in total. The van der Waals surface area contributed by atoms with Gasteiger partial charge in [-0.1, -0.05) is 48.5 Å². The smallest absolute Gasteiger partial charge is 0.421 e. The van der Waals surface area contributed by atoms with Crippen molar-refractivity contribution in [1.29, 1.82) is 0 Å². The van der Waals surface area contributed by atoms with Crippen molar-refractivity contribution in [3.8, 4) is 5.75 Å². The average molecular weight is 524 g/mol. The summed E-state index contributed by atoms with van der Waals surface area (Å²) in [5.41, 5.74) is -3.50. The van der Waals surface area contributed by atoms with Crippen LogP contribution in [0.1, 0.15) is 16.7 Å². The lowest BCUT2D eigenvalue weighted by Crippen LogP contribution is -2.13.